The molecule has 0 aromatic heterocycles. The Morgan fingerprint density at radius 1 is 0.458 bits per heavy atom. The number of allylic oxidation sites excluding steroid dienone is 18. The van der Waals surface area contributed by atoms with Crippen LogP contribution in [0.15, 0.2) is 109 Å². The van der Waals surface area contributed by atoms with Gasteiger partial charge in [-0.3, -0.25) is 9.59 Å². The summed E-state index contributed by atoms with van der Waals surface area (Å²) >= 11 is 0. The SMILES string of the molecule is CC/C=C/C/C=C/C/C=C/C/C=C/C/C=C/CCCCCC(=O)O[C@H](COC(=O)CCCCC/C=C/C/C=C/C/C=C/C/C=C/CCC)CO[C@H]1O[C@@H](CO[C@H]2O[C@@H](CO)[C@@H](O)C(O)C2O)[C@@H](O)C(O)C1O. The Morgan fingerprint density at radius 2 is 0.875 bits per heavy atom. The van der Waals surface area contributed by atoms with E-state index in [-0.39, 0.29) is 19.4 Å². The Kier molecular flexibility index (Phi) is 37.9. The number of aliphatic hydroxyl groups is 7. The second-order valence-electron chi connectivity index (χ2n) is 18.0. The molecule has 15 nitrogen and oxygen atoms in total. The fourth-order valence-electron chi connectivity index (χ4n) is 7.41. The zero-order chi connectivity index (χ0) is 52.4. The minimum atomic E-state index is -1.78. The largest absolute Gasteiger partial charge is 0.462 e. The molecular formula is C57H90O15. The number of unbranched alkanes of at least 4 members (excludes halogenated alkanes) is 7. The van der Waals surface area contributed by atoms with Gasteiger partial charge in [0.15, 0.2) is 18.7 Å². The fourth-order valence-corrected chi connectivity index (χ4v) is 7.41. The van der Waals surface area contributed by atoms with Gasteiger partial charge < -0.3 is 64.2 Å². The first kappa shape index (κ1) is 64.3. The van der Waals surface area contributed by atoms with Gasteiger partial charge in [0.05, 0.1) is 19.8 Å². The highest BCUT2D eigenvalue weighted by molar-refractivity contribution is 5.70. The maximum atomic E-state index is 13.0. The van der Waals surface area contributed by atoms with Crippen molar-refractivity contribution in [3.63, 3.8) is 0 Å². The van der Waals surface area contributed by atoms with Crippen LogP contribution in [0, 0.1) is 0 Å². The Bertz CT molecular complexity index is 1660. The van der Waals surface area contributed by atoms with Crippen LogP contribution in [0.5, 0.6) is 0 Å². The molecule has 2 aliphatic heterocycles. The minimum absolute atomic E-state index is 0.111. The summed E-state index contributed by atoms with van der Waals surface area (Å²) in [6.45, 7) is 2.31. The second-order valence-corrected chi connectivity index (χ2v) is 18.0. The zero-order valence-corrected chi connectivity index (χ0v) is 43.1. The average molecular weight is 1020 g/mol. The molecule has 2 aliphatic rings. The van der Waals surface area contributed by atoms with Gasteiger partial charge in [-0.05, 0) is 96.3 Å². The van der Waals surface area contributed by atoms with E-state index in [0.29, 0.717) is 12.8 Å². The lowest BCUT2D eigenvalue weighted by atomic mass is 9.98. The van der Waals surface area contributed by atoms with E-state index < -0.39 is 99.3 Å². The number of rotatable bonds is 39. The number of hydrogen-bond donors (Lipinski definition) is 7. The molecule has 0 radical (unpaired) electrons. The van der Waals surface area contributed by atoms with Gasteiger partial charge in [-0.1, -0.05) is 142 Å². The lowest BCUT2D eigenvalue weighted by Gasteiger charge is -2.42. The molecule has 2 saturated heterocycles. The van der Waals surface area contributed by atoms with Crippen LogP contribution in [0.4, 0.5) is 0 Å². The summed E-state index contributed by atoms with van der Waals surface area (Å²) in [7, 11) is 0. The van der Waals surface area contributed by atoms with Gasteiger partial charge in [0.1, 0.15) is 55.4 Å². The second kappa shape index (κ2) is 42.5. The molecule has 408 valence electrons. The molecule has 7 N–H and O–H groups in total. The summed E-state index contributed by atoms with van der Waals surface area (Å²) in [5.74, 6) is -1.01. The molecule has 72 heavy (non-hydrogen) atoms. The molecule has 0 saturated carbocycles. The first-order valence-corrected chi connectivity index (χ1v) is 26.5. The topological polar surface area (TPSA) is 231 Å². The van der Waals surface area contributed by atoms with Gasteiger partial charge in [0.2, 0.25) is 0 Å². The van der Waals surface area contributed by atoms with Crippen molar-refractivity contribution in [3.8, 4) is 0 Å². The molecule has 4 unspecified atom stereocenters. The Labute approximate surface area is 430 Å². The maximum absolute atomic E-state index is 13.0. The molecule has 15 heteroatoms. The van der Waals surface area contributed by atoms with Crippen LogP contribution in [0.1, 0.15) is 142 Å². The average Bonchev–Trinajstić information content (AvgIpc) is 3.37. The molecule has 2 heterocycles. The Balaban J connectivity index is 1.84. The van der Waals surface area contributed by atoms with E-state index in [0.717, 1.165) is 96.3 Å². The van der Waals surface area contributed by atoms with Crippen molar-refractivity contribution in [2.75, 3.05) is 26.4 Å². The molecule has 0 amide bonds. The fraction of sp³-hybridized carbons (Fsp3) is 0.649. The van der Waals surface area contributed by atoms with E-state index >= 15 is 0 Å². The number of carbonyl (C=O) groups is 2. The van der Waals surface area contributed by atoms with Crippen LogP contribution in [0.2, 0.25) is 0 Å². The van der Waals surface area contributed by atoms with Crippen molar-refractivity contribution in [2.24, 2.45) is 0 Å². The summed E-state index contributed by atoms with van der Waals surface area (Å²) in [4.78, 5) is 25.8. The highest BCUT2D eigenvalue weighted by Crippen LogP contribution is 2.26. The van der Waals surface area contributed by atoms with Crippen molar-refractivity contribution in [2.45, 2.75) is 210 Å². The smallest absolute Gasteiger partial charge is 0.306 e. The number of esters is 2. The van der Waals surface area contributed by atoms with Crippen LogP contribution in [0.25, 0.3) is 0 Å². The van der Waals surface area contributed by atoms with Crippen LogP contribution < -0.4 is 0 Å². The molecule has 0 aromatic carbocycles. The van der Waals surface area contributed by atoms with E-state index in [1.165, 1.54) is 6.42 Å². The zero-order valence-electron chi connectivity index (χ0n) is 43.1. The highest BCUT2D eigenvalue weighted by Gasteiger charge is 2.47. The monoisotopic (exact) mass is 1010 g/mol. The summed E-state index contributed by atoms with van der Waals surface area (Å²) in [5.41, 5.74) is 0. The summed E-state index contributed by atoms with van der Waals surface area (Å²) in [6, 6.07) is 0. The van der Waals surface area contributed by atoms with Crippen LogP contribution in [0.3, 0.4) is 0 Å². The van der Waals surface area contributed by atoms with Gasteiger partial charge in [0, 0.05) is 12.8 Å². The predicted octanol–water partition coefficient (Wildman–Crippen LogP) is 7.93. The van der Waals surface area contributed by atoms with Crippen molar-refractivity contribution >= 4 is 11.9 Å². The van der Waals surface area contributed by atoms with Crippen LogP contribution >= 0.6 is 0 Å². The first-order valence-electron chi connectivity index (χ1n) is 26.5. The minimum Gasteiger partial charge on any atom is -0.462 e. The van der Waals surface area contributed by atoms with Crippen molar-refractivity contribution < 1.29 is 73.8 Å². The summed E-state index contributed by atoms with van der Waals surface area (Å²) in [6.07, 6.45) is 38.2. The van der Waals surface area contributed by atoms with E-state index in [9.17, 15) is 45.3 Å². The predicted molar refractivity (Wildman–Crippen MR) is 279 cm³/mol. The van der Waals surface area contributed by atoms with E-state index in [1.54, 1.807) is 0 Å². The highest BCUT2D eigenvalue weighted by atomic mass is 16.7. The van der Waals surface area contributed by atoms with E-state index in [4.69, 9.17) is 28.4 Å². The molecule has 11 atom stereocenters. The number of aliphatic hydroxyl groups excluding tert-OH is 7. The van der Waals surface area contributed by atoms with Crippen molar-refractivity contribution in [3.05, 3.63) is 109 Å². The summed E-state index contributed by atoms with van der Waals surface area (Å²) in [5, 5.41) is 72.2. The molecular weight excluding hydrogens is 925 g/mol. The Morgan fingerprint density at radius 3 is 1.35 bits per heavy atom. The number of ether oxygens (including phenoxy) is 6. The molecule has 2 rings (SSSR count). The van der Waals surface area contributed by atoms with Gasteiger partial charge in [-0.15, -0.1) is 0 Å². The third-order valence-corrected chi connectivity index (χ3v) is 11.7. The molecule has 2 fully saturated rings. The van der Waals surface area contributed by atoms with Gasteiger partial charge >= 0.3 is 11.9 Å². The number of carbonyl (C=O) groups excluding carboxylic acids is 2. The standard InChI is InChI=1S/C57H90O15/c1-3-5-7-9-11-13-15-17-19-21-22-24-26-28-30-32-34-36-38-40-49(60)70-45(42-67-48(59)39-37-35-33-31-29-27-25-23-20-18-16-14-12-10-8-6-4-2)43-68-56-55(66)53(64)51(62)47(72-56)44-69-57-54(65)52(63)50(61)46(41-58)71-57/h5,7-8,10-11,13-14,16-17,19-20,22-24,27-30,45-47,50-58,61-66H,3-4,6,9,12,15,18,21,25-26,31-44H2,1-2H3/b7-5+,10-8+,13-11+,16-14+,19-17+,23-20+,24-22+,29-27+,30-28+/t45-,46+,47+,50-,51-,52?,53?,54?,55?,56+,57+/m1/s1. The molecule has 0 aromatic rings. The maximum Gasteiger partial charge on any atom is 0.306 e. The quantitative estimate of drug-likeness (QED) is 0.0176. The third kappa shape index (κ3) is 29.8. The lowest BCUT2D eigenvalue weighted by Crippen LogP contribution is -2.61. The van der Waals surface area contributed by atoms with Gasteiger partial charge in [0.25, 0.3) is 0 Å². The third-order valence-electron chi connectivity index (χ3n) is 11.7. The first-order chi connectivity index (χ1) is 35.0. The Hall–Kier alpha value is -3.84. The van der Waals surface area contributed by atoms with E-state index in [1.807, 2.05) is 0 Å². The van der Waals surface area contributed by atoms with Gasteiger partial charge in [-0.2, -0.15) is 0 Å². The van der Waals surface area contributed by atoms with Crippen LogP contribution in [-0.2, 0) is 38.0 Å². The summed E-state index contributed by atoms with van der Waals surface area (Å²) < 4.78 is 33.5. The van der Waals surface area contributed by atoms with Crippen molar-refractivity contribution in [1.29, 1.82) is 0 Å². The molecule has 0 spiro atoms. The lowest BCUT2D eigenvalue weighted by molar-refractivity contribution is -0.332. The molecule has 0 aliphatic carbocycles. The van der Waals surface area contributed by atoms with Crippen LogP contribution in [-0.4, -0.2) is 142 Å². The van der Waals surface area contributed by atoms with E-state index in [2.05, 4.69) is 123 Å². The van der Waals surface area contributed by atoms with Gasteiger partial charge in [-0.25, -0.2) is 0 Å². The normalized spacial score (nSPS) is 25.9. The number of hydrogen-bond acceptors (Lipinski definition) is 15. The molecule has 0 bridgehead atoms. The van der Waals surface area contributed by atoms with Crippen molar-refractivity contribution in [1.82, 2.24) is 0 Å².